The highest BCUT2D eigenvalue weighted by molar-refractivity contribution is 9.10. The number of hydrogen-bond donors (Lipinski definition) is 0. The van der Waals surface area contributed by atoms with Crippen molar-refractivity contribution in [1.82, 2.24) is 9.38 Å². The Balaban J connectivity index is 1.86. The second kappa shape index (κ2) is 4.90. The normalized spacial score (nSPS) is 11.1. The number of Topliss-reactive ketones (excluding diaryl/α,β-unsaturated/α-hetero) is 1. The zero-order valence-corrected chi connectivity index (χ0v) is 12.7. The van der Waals surface area contributed by atoms with Gasteiger partial charge in [0.05, 0.1) is 12.1 Å². The fourth-order valence-electron chi connectivity index (χ4n) is 2.03. The average molecular weight is 335 g/mol. The van der Waals surface area contributed by atoms with Crippen molar-refractivity contribution >= 4 is 38.0 Å². The molecule has 2 aromatic heterocycles. The zero-order chi connectivity index (χ0) is 13.4. The third kappa shape index (κ3) is 2.62. The van der Waals surface area contributed by atoms with Crippen LogP contribution in [-0.4, -0.2) is 15.2 Å². The molecular weight excluding hydrogens is 324 g/mol. The molecule has 0 unspecified atom stereocenters. The maximum Gasteiger partial charge on any atom is 0.193 e. The highest BCUT2D eigenvalue weighted by Crippen LogP contribution is 2.18. The Hall–Kier alpha value is -1.46. The summed E-state index contributed by atoms with van der Waals surface area (Å²) in [5, 5.41) is 1.98. The first-order chi connectivity index (χ1) is 9.11. The Kier molecular flexibility index (Phi) is 3.24. The van der Waals surface area contributed by atoms with Crippen molar-refractivity contribution in [2.24, 2.45) is 0 Å². The molecule has 0 saturated carbocycles. The van der Waals surface area contributed by atoms with Crippen LogP contribution in [0.1, 0.15) is 21.6 Å². The summed E-state index contributed by atoms with van der Waals surface area (Å²) in [6, 6.07) is 5.75. The number of carbonyl (C=O) groups is 1. The molecule has 0 atom stereocenters. The van der Waals surface area contributed by atoms with Gasteiger partial charge in [0.2, 0.25) is 0 Å². The molecule has 2 heterocycles. The Morgan fingerprint density at radius 2 is 2.26 bits per heavy atom. The minimum atomic E-state index is 0.0927. The molecule has 19 heavy (non-hydrogen) atoms. The highest BCUT2D eigenvalue weighted by atomic mass is 79.9. The Morgan fingerprint density at radius 3 is 3.00 bits per heavy atom. The van der Waals surface area contributed by atoms with Crippen LogP contribution in [0.3, 0.4) is 0 Å². The summed E-state index contributed by atoms with van der Waals surface area (Å²) in [5.41, 5.74) is 2.61. The van der Waals surface area contributed by atoms with Crippen molar-refractivity contribution < 1.29 is 4.79 Å². The first kappa shape index (κ1) is 12.6. The summed E-state index contributed by atoms with van der Waals surface area (Å²) in [4.78, 5) is 17.6. The number of hydrogen-bond acceptors (Lipinski definition) is 3. The van der Waals surface area contributed by atoms with Crippen LogP contribution >= 0.6 is 27.3 Å². The Bertz CT molecular complexity index is 711. The number of halogens is 1. The lowest BCUT2D eigenvalue weighted by Gasteiger charge is -2.02. The highest BCUT2D eigenvalue weighted by Gasteiger charge is 2.11. The third-order valence-corrected chi connectivity index (χ3v) is 4.08. The molecule has 0 aliphatic carbocycles. The lowest BCUT2D eigenvalue weighted by molar-refractivity contribution is 0.0992. The molecular formula is C14H11BrN2OS. The van der Waals surface area contributed by atoms with Crippen LogP contribution in [0.25, 0.3) is 4.96 Å². The largest absolute Gasteiger partial charge is 0.297 e. The monoisotopic (exact) mass is 334 g/mol. The van der Waals surface area contributed by atoms with E-state index in [9.17, 15) is 4.79 Å². The van der Waals surface area contributed by atoms with Crippen molar-refractivity contribution in [2.45, 2.75) is 13.3 Å². The van der Waals surface area contributed by atoms with Crippen molar-refractivity contribution in [1.29, 1.82) is 0 Å². The van der Waals surface area contributed by atoms with E-state index in [4.69, 9.17) is 0 Å². The second-order valence-corrected chi connectivity index (χ2v) is 6.23. The predicted molar refractivity (Wildman–Crippen MR) is 80.0 cm³/mol. The minimum Gasteiger partial charge on any atom is -0.297 e. The number of nitrogens with zero attached hydrogens (tertiary/aromatic N) is 2. The molecule has 0 radical (unpaired) electrons. The number of fused-ring (bicyclic) bond motifs is 1. The van der Waals surface area contributed by atoms with Gasteiger partial charge in [-0.1, -0.05) is 15.9 Å². The summed E-state index contributed by atoms with van der Waals surface area (Å²) in [5.74, 6) is 0.0927. The van der Waals surface area contributed by atoms with Crippen LogP contribution in [-0.2, 0) is 6.42 Å². The number of thiazole rings is 1. The van der Waals surface area contributed by atoms with Crippen LogP contribution in [0.5, 0.6) is 0 Å². The number of benzene rings is 1. The summed E-state index contributed by atoms with van der Waals surface area (Å²) >= 11 is 4.99. The molecule has 0 N–H and O–H groups in total. The van der Waals surface area contributed by atoms with E-state index < -0.39 is 0 Å². The quantitative estimate of drug-likeness (QED) is 0.681. The van der Waals surface area contributed by atoms with E-state index in [1.165, 1.54) is 0 Å². The molecule has 5 heteroatoms. The lowest BCUT2D eigenvalue weighted by atomic mass is 10.0. The standard InChI is InChI=1S/C14H11BrN2OS/c1-9-4-10(6-11(15)5-9)13(18)7-12-8-17-2-3-19-14(17)16-12/h2-6,8H,7H2,1H3. The molecule has 0 amide bonds. The number of aryl methyl sites for hydroxylation is 1. The zero-order valence-electron chi connectivity index (χ0n) is 10.3. The van der Waals surface area contributed by atoms with E-state index in [1.54, 1.807) is 11.3 Å². The topological polar surface area (TPSA) is 34.4 Å². The van der Waals surface area contributed by atoms with Crippen molar-refractivity contribution in [3.05, 3.63) is 57.3 Å². The smallest absolute Gasteiger partial charge is 0.193 e. The third-order valence-electron chi connectivity index (χ3n) is 2.85. The number of ketones is 1. The first-order valence-electron chi connectivity index (χ1n) is 5.83. The Labute approximate surface area is 123 Å². The maximum absolute atomic E-state index is 12.3. The molecule has 0 bridgehead atoms. The molecule has 0 aliphatic rings. The summed E-state index contributed by atoms with van der Waals surface area (Å²) in [6.45, 7) is 1.98. The van der Waals surface area contributed by atoms with Gasteiger partial charge < -0.3 is 0 Å². The van der Waals surface area contributed by atoms with Gasteiger partial charge in [0.15, 0.2) is 10.7 Å². The van der Waals surface area contributed by atoms with Gasteiger partial charge in [-0.15, -0.1) is 11.3 Å². The molecule has 3 nitrogen and oxygen atoms in total. The van der Waals surface area contributed by atoms with Gasteiger partial charge in [-0.25, -0.2) is 4.98 Å². The summed E-state index contributed by atoms with van der Waals surface area (Å²) < 4.78 is 2.88. The van der Waals surface area contributed by atoms with Gasteiger partial charge in [-0.3, -0.25) is 9.20 Å². The summed E-state index contributed by atoms with van der Waals surface area (Å²) in [7, 11) is 0. The number of imidazole rings is 1. The molecule has 0 spiro atoms. The van der Waals surface area contributed by atoms with Gasteiger partial charge in [0.1, 0.15) is 0 Å². The molecule has 1 aromatic carbocycles. The minimum absolute atomic E-state index is 0.0927. The van der Waals surface area contributed by atoms with E-state index >= 15 is 0 Å². The maximum atomic E-state index is 12.3. The van der Waals surface area contributed by atoms with Gasteiger partial charge in [0.25, 0.3) is 0 Å². The van der Waals surface area contributed by atoms with Crippen molar-refractivity contribution in [3.63, 3.8) is 0 Å². The van der Waals surface area contributed by atoms with Crippen LogP contribution < -0.4 is 0 Å². The number of rotatable bonds is 3. The van der Waals surface area contributed by atoms with E-state index in [-0.39, 0.29) is 5.78 Å². The SMILES string of the molecule is Cc1cc(Br)cc(C(=O)Cc2cn3ccsc3n2)c1. The summed E-state index contributed by atoms with van der Waals surface area (Å²) in [6.07, 6.45) is 4.20. The Morgan fingerprint density at radius 1 is 1.42 bits per heavy atom. The van der Waals surface area contributed by atoms with Crippen molar-refractivity contribution in [2.75, 3.05) is 0 Å². The molecule has 0 aliphatic heterocycles. The van der Waals surface area contributed by atoms with Crippen molar-refractivity contribution in [3.8, 4) is 0 Å². The fraction of sp³-hybridized carbons (Fsp3) is 0.143. The number of carbonyl (C=O) groups excluding carboxylic acids is 1. The van der Waals surface area contributed by atoms with Crippen LogP contribution in [0.4, 0.5) is 0 Å². The fourth-order valence-corrected chi connectivity index (χ4v) is 3.35. The van der Waals surface area contributed by atoms with Gasteiger partial charge in [-0.2, -0.15) is 0 Å². The molecule has 0 saturated heterocycles. The van der Waals surface area contributed by atoms with E-state index in [1.807, 2.05) is 47.3 Å². The van der Waals surface area contributed by atoms with E-state index in [0.29, 0.717) is 6.42 Å². The first-order valence-corrected chi connectivity index (χ1v) is 7.50. The van der Waals surface area contributed by atoms with Crippen LogP contribution in [0, 0.1) is 6.92 Å². The average Bonchev–Trinajstić information content (AvgIpc) is 2.88. The molecule has 96 valence electrons. The van der Waals surface area contributed by atoms with Crippen LogP contribution in [0.15, 0.2) is 40.4 Å². The van der Waals surface area contributed by atoms with Gasteiger partial charge in [-0.05, 0) is 30.7 Å². The van der Waals surface area contributed by atoms with E-state index in [0.717, 1.165) is 26.3 Å². The van der Waals surface area contributed by atoms with Crippen LogP contribution in [0.2, 0.25) is 0 Å². The molecule has 0 fully saturated rings. The van der Waals surface area contributed by atoms with Gasteiger partial charge >= 0.3 is 0 Å². The molecule has 3 aromatic rings. The number of aromatic nitrogens is 2. The molecule has 3 rings (SSSR count). The second-order valence-electron chi connectivity index (χ2n) is 4.44. The predicted octanol–water partition coefficient (Wildman–Crippen LogP) is 3.89. The van der Waals surface area contributed by atoms with E-state index in [2.05, 4.69) is 20.9 Å². The van der Waals surface area contributed by atoms with Gasteiger partial charge in [0, 0.05) is 27.8 Å². The lowest BCUT2D eigenvalue weighted by Crippen LogP contribution is -2.04.